The van der Waals surface area contributed by atoms with Crippen molar-refractivity contribution in [2.24, 2.45) is 0 Å². The highest BCUT2D eigenvalue weighted by molar-refractivity contribution is 9.10. The highest BCUT2D eigenvalue weighted by Crippen LogP contribution is 2.42. The van der Waals surface area contributed by atoms with Crippen molar-refractivity contribution in [3.63, 3.8) is 0 Å². The maximum absolute atomic E-state index is 13.4. The summed E-state index contributed by atoms with van der Waals surface area (Å²) in [4.78, 5) is 27.9. The Balaban J connectivity index is 1.67. The van der Waals surface area contributed by atoms with Crippen LogP contribution in [0.1, 0.15) is 11.1 Å². The second-order valence-corrected chi connectivity index (χ2v) is 9.51. The lowest BCUT2D eigenvalue weighted by molar-refractivity contribution is -0.117. The molecule has 1 heterocycles. The number of nitrogens with one attached hydrogen (secondary N) is 1. The normalized spacial score (nSPS) is 16.9. The molecule has 1 unspecified atom stereocenters. The largest absolute Gasteiger partial charge is 0.347 e. The highest BCUT2D eigenvalue weighted by Gasteiger charge is 2.40. The molecule has 33 heavy (non-hydrogen) atoms. The zero-order valence-corrected chi connectivity index (χ0v) is 20.0. The minimum Gasteiger partial charge on any atom is -0.347 e. The summed E-state index contributed by atoms with van der Waals surface area (Å²) < 4.78 is 0.873. The van der Waals surface area contributed by atoms with Crippen LogP contribution in [-0.4, -0.2) is 17.1 Å². The maximum Gasteiger partial charge on any atom is 0.264 e. The van der Waals surface area contributed by atoms with E-state index in [9.17, 15) is 14.9 Å². The lowest BCUT2D eigenvalue weighted by Crippen LogP contribution is -2.32. The van der Waals surface area contributed by atoms with Crippen LogP contribution in [0.4, 0.5) is 5.69 Å². The number of halogens is 1. The van der Waals surface area contributed by atoms with Gasteiger partial charge >= 0.3 is 0 Å². The Labute approximate surface area is 205 Å². The third kappa shape index (κ3) is 5.36. The van der Waals surface area contributed by atoms with Crippen LogP contribution in [0.3, 0.4) is 0 Å². The summed E-state index contributed by atoms with van der Waals surface area (Å²) in [5.41, 5.74) is 2.50. The first kappa shape index (κ1) is 22.8. The third-order valence-electron chi connectivity index (χ3n) is 5.15. The van der Waals surface area contributed by atoms with Gasteiger partial charge in [0.05, 0.1) is 5.25 Å². The van der Waals surface area contributed by atoms with Gasteiger partial charge in [-0.25, -0.2) is 0 Å². The number of benzene rings is 3. The zero-order chi connectivity index (χ0) is 23.2. The second kappa shape index (κ2) is 10.5. The van der Waals surface area contributed by atoms with E-state index in [4.69, 9.17) is 0 Å². The van der Waals surface area contributed by atoms with Gasteiger partial charge in [-0.1, -0.05) is 88.4 Å². The van der Waals surface area contributed by atoms with Gasteiger partial charge in [-0.3, -0.25) is 14.5 Å². The first-order chi connectivity index (χ1) is 16.1. The zero-order valence-electron chi connectivity index (χ0n) is 17.6. The van der Waals surface area contributed by atoms with Gasteiger partial charge in [0.1, 0.15) is 16.7 Å². The Bertz CT molecular complexity index is 1220. The summed E-state index contributed by atoms with van der Waals surface area (Å²) in [5.74, 6) is -0.649. The Morgan fingerprint density at radius 1 is 0.970 bits per heavy atom. The molecule has 0 aliphatic carbocycles. The van der Waals surface area contributed by atoms with Crippen molar-refractivity contribution < 1.29 is 9.59 Å². The molecule has 0 bridgehead atoms. The van der Waals surface area contributed by atoms with Crippen LogP contribution in [-0.2, 0) is 22.6 Å². The molecule has 0 radical (unpaired) electrons. The quantitative estimate of drug-likeness (QED) is 0.360. The predicted octanol–water partition coefficient (Wildman–Crippen LogP) is 5.19. The van der Waals surface area contributed by atoms with Crippen LogP contribution < -0.4 is 10.2 Å². The minimum atomic E-state index is -0.501. The molecule has 0 saturated carbocycles. The van der Waals surface area contributed by atoms with Crippen LogP contribution in [0.5, 0.6) is 0 Å². The summed E-state index contributed by atoms with van der Waals surface area (Å²) in [6, 6.07) is 28.5. The first-order valence-electron chi connectivity index (χ1n) is 10.3. The molecule has 0 spiro atoms. The van der Waals surface area contributed by atoms with Crippen LogP contribution in [0.15, 0.2) is 100 Å². The third-order valence-corrected chi connectivity index (χ3v) is 6.94. The van der Waals surface area contributed by atoms with E-state index < -0.39 is 11.2 Å². The number of carbonyl (C=O) groups is 2. The van der Waals surface area contributed by atoms with E-state index >= 15 is 0 Å². The van der Waals surface area contributed by atoms with Crippen molar-refractivity contribution in [3.05, 3.63) is 111 Å². The van der Waals surface area contributed by atoms with Crippen molar-refractivity contribution in [1.29, 1.82) is 5.26 Å². The minimum absolute atomic E-state index is 0.0669. The lowest BCUT2D eigenvalue weighted by atomic mass is 10.1. The Kier molecular flexibility index (Phi) is 7.28. The average molecular weight is 518 g/mol. The van der Waals surface area contributed by atoms with Crippen LogP contribution in [0, 0.1) is 11.3 Å². The van der Waals surface area contributed by atoms with Gasteiger partial charge in [-0.2, -0.15) is 5.26 Å². The van der Waals surface area contributed by atoms with Gasteiger partial charge in [-0.15, -0.1) is 0 Å². The average Bonchev–Trinajstić information content (AvgIpc) is 3.15. The summed E-state index contributed by atoms with van der Waals surface area (Å²) >= 11 is 4.68. The van der Waals surface area contributed by atoms with Crippen molar-refractivity contribution in [1.82, 2.24) is 5.32 Å². The monoisotopic (exact) mass is 517 g/mol. The van der Waals surface area contributed by atoms with E-state index in [1.807, 2.05) is 78.9 Å². The SMILES string of the molecule is N#CC(C(=O)NCc1ccccc1)=C1SC(Cc2ccccc2)C(=O)N1c1ccc(Br)cc1. The fraction of sp³-hybridized carbons (Fsp3) is 0.115. The number of carbonyl (C=O) groups excluding carboxylic acids is 2. The Morgan fingerprint density at radius 2 is 1.58 bits per heavy atom. The fourth-order valence-corrected chi connectivity index (χ4v) is 5.08. The van der Waals surface area contributed by atoms with E-state index in [2.05, 4.69) is 21.2 Å². The summed E-state index contributed by atoms with van der Waals surface area (Å²) in [6.45, 7) is 0.294. The maximum atomic E-state index is 13.4. The van der Waals surface area contributed by atoms with E-state index in [-0.39, 0.29) is 11.5 Å². The number of nitrogens with zero attached hydrogens (tertiary/aromatic N) is 2. The number of nitriles is 1. The molecule has 2 amide bonds. The molecule has 1 saturated heterocycles. The van der Waals surface area contributed by atoms with Gasteiger partial charge in [0.25, 0.3) is 5.91 Å². The van der Waals surface area contributed by atoms with E-state index in [1.54, 1.807) is 12.1 Å². The van der Waals surface area contributed by atoms with Crippen molar-refractivity contribution in [3.8, 4) is 6.07 Å². The molecule has 3 aromatic carbocycles. The Morgan fingerprint density at radius 3 is 2.18 bits per heavy atom. The summed E-state index contributed by atoms with van der Waals surface area (Å²) in [6.07, 6.45) is 0.505. The van der Waals surface area contributed by atoms with Gasteiger partial charge in [0.15, 0.2) is 0 Å². The summed E-state index contributed by atoms with van der Waals surface area (Å²) in [7, 11) is 0. The van der Waals surface area contributed by atoms with Gasteiger partial charge in [0.2, 0.25) is 5.91 Å². The van der Waals surface area contributed by atoms with Gasteiger partial charge < -0.3 is 5.32 Å². The number of amides is 2. The van der Waals surface area contributed by atoms with Crippen molar-refractivity contribution in [2.75, 3.05) is 4.90 Å². The molecule has 7 heteroatoms. The predicted molar refractivity (Wildman–Crippen MR) is 134 cm³/mol. The molecule has 4 rings (SSSR count). The number of hydrogen-bond donors (Lipinski definition) is 1. The molecule has 1 aliphatic heterocycles. The highest BCUT2D eigenvalue weighted by atomic mass is 79.9. The molecule has 0 aromatic heterocycles. The molecule has 1 fully saturated rings. The number of hydrogen-bond acceptors (Lipinski definition) is 4. The van der Waals surface area contributed by atoms with Crippen molar-refractivity contribution >= 4 is 45.2 Å². The van der Waals surface area contributed by atoms with Crippen LogP contribution >= 0.6 is 27.7 Å². The fourth-order valence-electron chi connectivity index (χ4n) is 3.51. The molecule has 1 aliphatic rings. The number of rotatable bonds is 6. The van der Waals surface area contributed by atoms with Gasteiger partial charge in [-0.05, 0) is 41.8 Å². The molecular weight excluding hydrogens is 498 g/mol. The topological polar surface area (TPSA) is 73.2 Å². The Hall–Kier alpha value is -3.34. The standard InChI is InChI=1S/C26H20BrN3O2S/c27-20-11-13-21(14-12-20)30-25(32)23(15-18-7-3-1-4-8-18)33-26(30)22(16-28)24(31)29-17-19-9-5-2-6-10-19/h1-14,23H,15,17H2,(H,29,31). The second-order valence-electron chi connectivity index (χ2n) is 7.41. The number of thioether (sulfide) groups is 1. The molecular formula is C26H20BrN3O2S. The molecule has 5 nitrogen and oxygen atoms in total. The molecule has 1 N–H and O–H groups in total. The van der Waals surface area contributed by atoms with E-state index in [0.29, 0.717) is 23.7 Å². The molecule has 3 aromatic rings. The summed E-state index contributed by atoms with van der Waals surface area (Å²) in [5, 5.41) is 12.6. The lowest BCUT2D eigenvalue weighted by Gasteiger charge is -2.19. The molecule has 1 atom stereocenters. The van der Waals surface area contributed by atoms with Crippen molar-refractivity contribution in [2.45, 2.75) is 18.2 Å². The first-order valence-corrected chi connectivity index (χ1v) is 12.0. The number of anilines is 1. The van der Waals surface area contributed by atoms with E-state index in [0.717, 1.165) is 15.6 Å². The molecule has 164 valence electrons. The van der Waals surface area contributed by atoms with E-state index in [1.165, 1.54) is 16.7 Å². The van der Waals surface area contributed by atoms with Crippen LogP contribution in [0.2, 0.25) is 0 Å². The smallest absolute Gasteiger partial charge is 0.264 e. The van der Waals surface area contributed by atoms with Crippen LogP contribution in [0.25, 0.3) is 0 Å². The van der Waals surface area contributed by atoms with Gasteiger partial charge in [0, 0.05) is 16.7 Å².